The summed E-state index contributed by atoms with van der Waals surface area (Å²) in [7, 11) is -2.19. The number of esters is 1. The van der Waals surface area contributed by atoms with Gasteiger partial charge in [0.2, 0.25) is 0 Å². The van der Waals surface area contributed by atoms with Gasteiger partial charge in [-0.3, -0.25) is 8.42 Å². The van der Waals surface area contributed by atoms with Gasteiger partial charge in [-0.1, -0.05) is 38.3 Å². The molecule has 142 valence electrons. The molecule has 0 amide bonds. The third-order valence-electron chi connectivity index (χ3n) is 3.65. The Labute approximate surface area is 160 Å². The van der Waals surface area contributed by atoms with Crippen molar-refractivity contribution in [2.24, 2.45) is 0 Å². The number of hydrogen-bond donors (Lipinski definition) is 0. The normalized spacial score (nSPS) is 14.7. The molecular formula is C18H27ClO4S2. The first kappa shape index (κ1) is 22.3. The monoisotopic (exact) mass is 406 g/mol. The minimum absolute atomic E-state index is 0.0235. The number of halogens is 1. The van der Waals surface area contributed by atoms with Crippen LogP contribution in [0.1, 0.15) is 49.9 Å². The van der Waals surface area contributed by atoms with Gasteiger partial charge in [-0.25, -0.2) is 4.79 Å². The van der Waals surface area contributed by atoms with E-state index in [2.05, 4.69) is 0 Å². The minimum Gasteiger partial charge on any atom is -0.461 e. The van der Waals surface area contributed by atoms with E-state index in [9.17, 15) is 13.2 Å². The molecule has 0 aliphatic carbocycles. The van der Waals surface area contributed by atoms with Gasteiger partial charge >= 0.3 is 5.97 Å². The molecule has 0 saturated carbocycles. The lowest BCUT2D eigenvalue weighted by Crippen LogP contribution is -2.31. The number of benzene rings is 1. The van der Waals surface area contributed by atoms with Crippen molar-refractivity contribution < 1.29 is 17.9 Å². The van der Waals surface area contributed by atoms with Crippen molar-refractivity contribution >= 4 is 39.2 Å². The van der Waals surface area contributed by atoms with Crippen LogP contribution in [0.2, 0.25) is 5.02 Å². The van der Waals surface area contributed by atoms with E-state index in [0.717, 1.165) is 25.7 Å². The standard InChI is InChI=1S/C18H27ClO4S2/c1-3-5-11-24(21)14-17(25(22)12-6-4-2)13-23-18(20)15-7-9-16(19)10-8-15/h7-10,17H,3-6,11-14H2,1-2H3/t17-,24+,25+/m1/s1. The van der Waals surface area contributed by atoms with Crippen molar-refractivity contribution in [2.75, 3.05) is 23.9 Å². The van der Waals surface area contributed by atoms with Gasteiger partial charge in [0.15, 0.2) is 0 Å². The van der Waals surface area contributed by atoms with E-state index in [1.54, 1.807) is 24.3 Å². The second-order valence-electron chi connectivity index (χ2n) is 5.83. The molecule has 1 aromatic carbocycles. The summed E-state index contributed by atoms with van der Waals surface area (Å²) in [6, 6.07) is 6.42. The highest BCUT2D eigenvalue weighted by atomic mass is 35.5. The minimum atomic E-state index is -1.15. The highest BCUT2D eigenvalue weighted by Gasteiger charge is 2.22. The van der Waals surface area contributed by atoms with Gasteiger partial charge in [0, 0.05) is 43.9 Å². The molecule has 0 N–H and O–H groups in total. The Bertz CT molecular complexity index is 575. The average molecular weight is 407 g/mol. The molecule has 4 nitrogen and oxygen atoms in total. The molecule has 0 saturated heterocycles. The molecule has 1 rings (SSSR count). The van der Waals surface area contributed by atoms with E-state index in [4.69, 9.17) is 16.3 Å². The maximum Gasteiger partial charge on any atom is 0.338 e. The van der Waals surface area contributed by atoms with Gasteiger partial charge in [-0.15, -0.1) is 0 Å². The maximum atomic E-state index is 12.5. The van der Waals surface area contributed by atoms with Crippen molar-refractivity contribution in [1.29, 1.82) is 0 Å². The van der Waals surface area contributed by atoms with Crippen LogP contribution in [-0.4, -0.2) is 43.5 Å². The van der Waals surface area contributed by atoms with Gasteiger partial charge in [0.25, 0.3) is 0 Å². The van der Waals surface area contributed by atoms with Gasteiger partial charge in [0.1, 0.15) is 6.61 Å². The summed E-state index contributed by atoms with van der Waals surface area (Å²) in [6.07, 6.45) is 3.64. The zero-order valence-corrected chi connectivity index (χ0v) is 17.3. The van der Waals surface area contributed by atoms with Crippen LogP contribution in [0.15, 0.2) is 24.3 Å². The van der Waals surface area contributed by atoms with E-state index in [0.29, 0.717) is 27.8 Å². The molecule has 7 heteroatoms. The van der Waals surface area contributed by atoms with Crippen LogP contribution in [0.3, 0.4) is 0 Å². The third-order valence-corrected chi connectivity index (χ3v) is 7.37. The first-order valence-electron chi connectivity index (χ1n) is 8.62. The highest BCUT2D eigenvalue weighted by Crippen LogP contribution is 2.12. The zero-order valence-electron chi connectivity index (χ0n) is 14.9. The Morgan fingerprint density at radius 2 is 1.68 bits per heavy atom. The Kier molecular flexibility index (Phi) is 11.3. The van der Waals surface area contributed by atoms with E-state index >= 15 is 0 Å². The Morgan fingerprint density at radius 1 is 1.08 bits per heavy atom. The van der Waals surface area contributed by atoms with Crippen LogP contribution in [-0.2, 0) is 26.3 Å². The first-order chi connectivity index (χ1) is 12.0. The molecule has 0 bridgehead atoms. The molecule has 1 aromatic rings. The van der Waals surface area contributed by atoms with Crippen LogP contribution in [0.4, 0.5) is 0 Å². The average Bonchev–Trinajstić information content (AvgIpc) is 2.61. The predicted octanol–water partition coefficient (Wildman–Crippen LogP) is 3.96. The topological polar surface area (TPSA) is 60.4 Å². The maximum absolute atomic E-state index is 12.5. The van der Waals surface area contributed by atoms with E-state index in [1.807, 2.05) is 13.8 Å². The first-order valence-corrected chi connectivity index (χ1v) is 11.9. The summed E-state index contributed by atoms with van der Waals surface area (Å²) < 4.78 is 30.0. The second kappa shape index (κ2) is 12.6. The quantitative estimate of drug-likeness (QED) is 0.493. The Balaban J connectivity index is 2.64. The molecule has 0 fully saturated rings. The fourth-order valence-electron chi connectivity index (χ4n) is 2.09. The molecule has 0 aromatic heterocycles. The van der Waals surface area contributed by atoms with Crippen LogP contribution in [0.5, 0.6) is 0 Å². The summed E-state index contributed by atoms with van der Waals surface area (Å²) in [5.74, 6) is 0.978. The number of ether oxygens (including phenoxy) is 1. The van der Waals surface area contributed by atoms with Crippen LogP contribution < -0.4 is 0 Å². The number of unbranched alkanes of at least 4 members (excludes halogenated alkanes) is 2. The summed E-state index contributed by atoms with van der Waals surface area (Å²) in [5, 5.41) is 0.155. The molecule has 0 spiro atoms. The lowest BCUT2D eigenvalue weighted by molar-refractivity contribution is 0.0510. The molecule has 0 unspecified atom stereocenters. The van der Waals surface area contributed by atoms with Crippen LogP contribution in [0, 0.1) is 0 Å². The van der Waals surface area contributed by atoms with Crippen molar-refractivity contribution in [3.8, 4) is 0 Å². The zero-order chi connectivity index (χ0) is 18.7. The van der Waals surface area contributed by atoms with Gasteiger partial charge in [-0.2, -0.15) is 0 Å². The van der Waals surface area contributed by atoms with Crippen LogP contribution >= 0.6 is 11.6 Å². The summed E-state index contributed by atoms with van der Waals surface area (Å²) in [4.78, 5) is 12.1. The number of rotatable bonds is 12. The largest absolute Gasteiger partial charge is 0.461 e. The molecule has 0 aliphatic rings. The van der Waals surface area contributed by atoms with Gasteiger partial charge < -0.3 is 4.74 Å². The predicted molar refractivity (Wildman–Crippen MR) is 106 cm³/mol. The smallest absolute Gasteiger partial charge is 0.338 e. The van der Waals surface area contributed by atoms with Crippen molar-refractivity contribution in [1.82, 2.24) is 0 Å². The van der Waals surface area contributed by atoms with Crippen molar-refractivity contribution in [3.63, 3.8) is 0 Å². The number of carbonyl (C=O) groups excluding carboxylic acids is 1. The fourth-order valence-corrected chi connectivity index (χ4v) is 5.69. The summed E-state index contributed by atoms with van der Waals surface area (Å²) in [5.41, 5.74) is 0.398. The molecular weight excluding hydrogens is 380 g/mol. The van der Waals surface area contributed by atoms with Crippen LogP contribution in [0.25, 0.3) is 0 Å². The SMILES string of the molecule is CCCC[S@](=O)C[C@@H](COC(=O)c1ccc(Cl)cc1)[S@@](=O)CCCC. The van der Waals surface area contributed by atoms with E-state index in [-0.39, 0.29) is 11.9 Å². The highest BCUT2D eigenvalue weighted by molar-refractivity contribution is 7.89. The molecule has 3 atom stereocenters. The van der Waals surface area contributed by atoms with Crippen molar-refractivity contribution in [3.05, 3.63) is 34.9 Å². The fraction of sp³-hybridized carbons (Fsp3) is 0.611. The number of hydrogen-bond acceptors (Lipinski definition) is 4. The second-order valence-corrected chi connectivity index (χ2v) is 9.72. The number of carbonyl (C=O) groups is 1. The molecule has 0 radical (unpaired) electrons. The van der Waals surface area contributed by atoms with Gasteiger partial charge in [-0.05, 0) is 37.1 Å². The Hall–Kier alpha value is -0.720. The van der Waals surface area contributed by atoms with Gasteiger partial charge in [0.05, 0.1) is 10.8 Å². The molecule has 0 aliphatic heterocycles. The third kappa shape index (κ3) is 8.97. The van der Waals surface area contributed by atoms with E-state index in [1.165, 1.54) is 0 Å². The lowest BCUT2D eigenvalue weighted by Gasteiger charge is -2.16. The van der Waals surface area contributed by atoms with E-state index < -0.39 is 27.6 Å². The lowest BCUT2D eigenvalue weighted by atomic mass is 10.2. The summed E-state index contributed by atoms with van der Waals surface area (Å²) >= 11 is 5.81. The molecule has 0 heterocycles. The molecule has 25 heavy (non-hydrogen) atoms. The summed E-state index contributed by atoms with van der Waals surface area (Å²) in [6.45, 7) is 4.10. The van der Waals surface area contributed by atoms with Crippen molar-refractivity contribution in [2.45, 2.75) is 44.8 Å². The Morgan fingerprint density at radius 3 is 2.28 bits per heavy atom.